The summed E-state index contributed by atoms with van der Waals surface area (Å²) in [6, 6.07) is 20.8. The summed E-state index contributed by atoms with van der Waals surface area (Å²) in [5.41, 5.74) is 2.32. The summed E-state index contributed by atoms with van der Waals surface area (Å²) in [5.74, 6) is 0.209. The fraction of sp³-hybridized carbons (Fsp3) is 0.316. The van der Waals surface area contributed by atoms with Crippen molar-refractivity contribution < 1.29 is 4.79 Å². The first-order chi connectivity index (χ1) is 10.7. The Morgan fingerprint density at radius 2 is 1.73 bits per heavy atom. The molecule has 3 rings (SSSR count). The lowest BCUT2D eigenvalue weighted by Gasteiger charge is -2.39. The Balaban J connectivity index is 1.70. The monoisotopic (exact) mass is 294 g/mol. The van der Waals surface area contributed by atoms with Crippen molar-refractivity contribution in [1.82, 2.24) is 10.2 Å². The first-order valence-corrected chi connectivity index (χ1v) is 7.86. The highest BCUT2D eigenvalue weighted by Crippen LogP contribution is 2.20. The number of nitrogens with one attached hydrogen (secondary N) is 1. The molecule has 1 aliphatic rings. The Morgan fingerprint density at radius 1 is 1.09 bits per heavy atom. The number of piperazine rings is 1. The summed E-state index contributed by atoms with van der Waals surface area (Å²) in [4.78, 5) is 14.7. The molecule has 3 nitrogen and oxygen atoms in total. The Kier molecular flexibility index (Phi) is 4.54. The van der Waals surface area contributed by atoms with Crippen molar-refractivity contribution in [2.45, 2.75) is 25.4 Å². The van der Waals surface area contributed by atoms with Gasteiger partial charge in [-0.15, -0.1) is 0 Å². The molecule has 0 aliphatic carbocycles. The number of carbonyl (C=O) groups is 1. The average Bonchev–Trinajstić information content (AvgIpc) is 2.57. The van der Waals surface area contributed by atoms with Gasteiger partial charge in [0.2, 0.25) is 5.91 Å². The molecule has 114 valence electrons. The second kappa shape index (κ2) is 6.75. The first-order valence-electron chi connectivity index (χ1n) is 7.86. The van der Waals surface area contributed by atoms with Crippen molar-refractivity contribution in [2.24, 2.45) is 0 Å². The van der Waals surface area contributed by atoms with Crippen LogP contribution in [0, 0.1) is 0 Å². The van der Waals surface area contributed by atoms with E-state index in [4.69, 9.17) is 0 Å². The summed E-state index contributed by atoms with van der Waals surface area (Å²) >= 11 is 0. The van der Waals surface area contributed by atoms with E-state index in [1.165, 1.54) is 5.56 Å². The molecule has 1 saturated heterocycles. The number of nitrogens with zero attached hydrogens (tertiary/aromatic N) is 1. The maximum Gasteiger partial charge on any atom is 0.227 e. The van der Waals surface area contributed by atoms with Crippen molar-refractivity contribution >= 4 is 5.91 Å². The minimum atomic E-state index is 0.209. The maximum atomic E-state index is 12.7. The lowest BCUT2D eigenvalue weighted by molar-refractivity contribution is -0.134. The molecule has 1 N–H and O–H groups in total. The van der Waals surface area contributed by atoms with Gasteiger partial charge in [-0.2, -0.15) is 0 Å². The van der Waals surface area contributed by atoms with E-state index >= 15 is 0 Å². The molecule has 2 aromatic rings. The van der Waals surface area contributed by atoms with Gasteiger partial charge < -0.3 is 10.2 Å². The van der Waals surface area contributed by atoms with Gasteiger partial charge in [0.05, 0.1) is 6.42 Å². The van der Waals surface area contributed by atoms with Crippen LogP contribution in [0.3, 0.4) is 0 Å². The molecule has 2 unspecified atom stereocenters. The predicted molar refractivity (Wildman–Crippen MR) is 88.5 cm³/mol. The first kappa shape index (κ1) is 14.8. The molecule has 1 fully saturated rings. The third kappa shape index (κ3) is 3.37. The van der Waals surface area contributed by atoms with Crippen LogP contribution in [0.2, 0.25) is 0 Å². The van der Waals surface area contributed by atoms with Gasteiger partial charge in [0.15, 0.2) is 0 Å². The number of hydrogen-bond donors (Lipinski definition) is 1. The summed E-state index contributed by atoms with van der Waals surface area (Å²) in [7, 11) is 0. The Bertz CT molecular complexity index is 612. The fourth-order valence-electron chi connectivity index (χ4n) is 2.99. The lowest BCUT2D eigenvalue weighted by atomic mass is 10.0. The minimum absolute atomic E-state index is 0.209. The zero-order chi connectivity index (χ0) is 15.4. The number of rotatable bonds is 3. The van der Waals surface area contributed by atoms with Crippen molar-refractivity contribution in [3.8, 4) is 0 Å². The molecule has 0 spiro atoms. The van der Waals surface area contributed by atoms with Crippen molar-refractivity contribution in [1.29, 1.82) is 0 Å². The molecule has 1 heterocycles. The number of hydrogen-bond acceptors (Lipinski definition) is 2. The maximum absolute atomic E-state index is 12.7. The van der Waals surface area contributed by atoms with E-state index in [9.17, 15) is 4.79 Å². The topological polar surface area (TPSA) is 32.3 Å². The van der Waals surface area contributed by atoms with Crippen LogP contribution < -0.4 is 5.32 Å². The van der Waals surface area contributed by atoms with Gasteiger partial charge in [0.25, 0.3) is 0 Å². The number of benzene rings is 2. The van der Waals surface area contributed by atoms with Gasteiger partial charge in [0.1, 0.15) is 0 Å². The van der Waals surface area contributed by atoms with Gasteiger partial charge in [-0.25, -0.2) is 0 Å². The molecule has 0 saturated carbocycles. The van der Waals surface area contributed by atoms with Crippen molar-refractivity contribution in [3.05, 3.63) is 71.8 Å². The second-order valence-corrected chi connectivity index (χ2v) is 5.93. The smallest absolute Gasteiger partial charge is 0.227 e. The van der Waals surface area contributed by atoms with Crippen LogP contribution in [-0.4, -0.2) is 29.9 Å². The molecule has 2 aromatic carbocycles. The highest BCUT2D eigenvalue weighted by molar-refractivity contribution is 5.79. The number of carbonyl (C=O) groups excluding carboxylic acids is 1. The number of amides is 1. The Hall–Kier alpha value is -2.13. The van der Waals surface area contributed by atoms with Gasteiger partial charge >= 0.3 is 0 Å². The summed E-state index contributed by atoms with van der Waals surface area (Å²) < 4.78 is 0. The largest absolute Gasteiger partial charge is 0.337 e. The van der Waals surface area contributed by atoms with Gasteiger partial charge in [-0.05, 0) is 18.1 Å². The minimum Gasteiger partial charge on any atom is -0.337 e. The Morgan fingerprint density at radius 3 is 2.41 bits per heavy atom. The highest BCUT2D eigenvalue weighted by Gasteiger charge is 2.29. The standard InChI is InChI=1S/C19H22N2O/c1-15-13-20-18(17-10-6-3-7-11-17)14-21(15)19(22)12-16-8-4-2-5-9-16/h2-11,15,18,20H,12-14H2,1H3. The molecule has 1 aliphatic heterocycles. The molecular weight excluding hydrogens is 272 g/mol. The van der Waals surface area contributed by atoms with E-state index in [0.717, 1.165) is 18.7 Å². The molecule has 3 heteroatoms. The van der Waals surface area contributed by atoms with Crippen molar-refractivity contribution in [2.75, 3.05) is 13.1 Å². The lowest BCUT2D eigenvalue weighted by Crippen LogP contribution is -2.54. The molecule has 22 heavy (non-hydrogen) atoms. The zero-order valence-corrected chi connectivity index (χ0v) is 12.9. The normalized spacial score (nSPS) is 21.6. The van der Waals surface area contributed by atoms with Gasteiger partial charge in [0, 0.05) is 25.2 Å². The zero-order valence-electron chi connectivity index (χ0n) is 12.9. The van der Waals surface area contributed by atoms with Gasteiger partial charge in [-0.3, -0.25) is 4.79 Å². The fourth-order valence-corrected chi connectivity index (χ4v) is 2.99. The molecular formula is C19H22N2O. The van der Waals surface area contributed by atoms with Crippen LogP contribution in [-0.2, 0) is 11.2 Å². The van der Waals surface area contributed by atoms with E-state index in [2.05, 4.69) is 24.4 Å². The van der Waals surface area contributed by atoms with E-state index in [1.807, 2.05) is 53.4 Å². The highest BCUT2D eigenvalue weighted by atomic mass is 16.2. The third-order valence-corrected chi connectivity index (χ3v) is 4.29. The van der Waals surface area contributed by atoms with Crippen LogP contribution in [0.1, 0.15) is 24.1 Å². The van der Waals surface area contributed by atoms with Crippen LogP contribution in [0.5, 0.6) is 0 Å². The van der Waals surface area contributed by atoms with E-state index < -0.39 is 0 Å². The van der Waals surface area contributed by atoms with Crippen LogP contribution >= 0.6 is 0 Å². The molecule has 0 radical (unpaired) electrons. The quantitative estimate of drug-likeness (QED) is 0.944. The van der Waals surface area contributed by atoms with Crippen molar-refractivity contribution in [3.63, 3.8) is 0 Å². The van der Waals surface area contributed by atoms with Crippen LogP contribution in [0.25, 0.3) is 0 Å². The molecule has 2 atom stereocenters. The van der Waals surface area contributed by atoms with Crippen LogP contribution in [0.15, 0.2) is 60.7 Å². The van der Waals surface area contributed by atoms with E-state index in [-0.39, 0.29) is 18.0 Å². The molecule has 1 amide bonds. The third-order valence-electron chi connectivity index (χ3n) is 4.29. The Labute approximate surface area is 132 Å². The average molecular weight is 294 g/mol. The van der Waals surface area contributed by atoms with E-state index in [1.54, 1.807) is 0 Å². The SMILES string of the molecule is CC1CNC(c2ccccc2)CN1C(=O)Cc1ccccc1. The van der Waals surface area contributed by atoms with E-state index in [0.29, 0.717) is 6.42 Å². The second-order valence-electron chi connectivity index (χ2n) is 5.93. The molecule has 0 bridgehead atoms. The summed E-state index contributed by atoms with van der Waals surface area (Å²) in [5, 5.41) is 3.54. The predicted octanol–water partition coefficient (Wildman–Crippen LogP) is 2.79. The van der Waals surface area contributed by atoms with Gasteiger partial charge in [-0.1, -0.05) is 60.7 Å². The summed E-state index contributed by atoms with van der Waals surface area (Å²) in [6.07, 6.45) is 0.479. The summed E-state index contributed by atoms with van der Waals surface area (Å²) in [6.45, 7) is 3.67. The molecule has 0 aromatic heterocycles. The van der Waals surface area contributed by atoms with Crippen LogP contribution in [0.4, 0.5) is 0 Å².